The monoisotopic (exact) mass is 588 g/mol. The molecule has 14 nitrogen and oxygen atoms in total. The van der Waals surface area contributed by atoms with Crippen molar-refractivity contribution in [3.05, 3.63) is 48.4 Å². The van der Waals surface area contributed by atoms with E-state index in [9.17, 15) is 4.79 Å². The molecule has 3 N–H and O–H groups in total. The third kappa shape index (κ3) is 5.18. The number of hydrogen-bond donors (Lipinski definition) is 3. The van der Waals surface area contributed by atoms with E-state index in [2.05, 4.69) is 34.9 Å². The van der Waals surface area contributed by atoms with Crippen molar-refractivity contribution in [2.75, 3.05) is 69.0 Å². The number of aromatic amines is 1. The molecule has 5 aromatic rings. The lowest BCUT2D eigenvalue weighted by Gasteiger charge is -2.34. The molecule has 15 heteroatoms. The zero-order valence-electron chi connectivity index (χ0n) is 22.6. The van der Waals surface area contributed by atoms with Crippen molar-refractivity contribution in [2.45, 2.75) is 0 Å². The number of hydrogen-bond acceptors (Lipinski definition) is 13. The second-order valence-corrected chi connectivity index (χ2v) is 11.0. The van der Waals surface area contributed by atoms with Crippen LogP contribution in [0.25, 0.3) is 32.5 Å². The fourth-order valence-electron chi connectivity index (χ4n) is 5.14. The number of H-pyrrole nitrogens is 1. The van der Waals surface area contributed by atoms with Gasteiger partial charge in [0, 0.05) is 68.7 Å². The van der Waals surface area contributed by atoms with Gasteiger partial charge in [0.25, 0.3) is 5.91 Å². The van der Waals surface area contributed by atoms with Gasteiger partial charge in [0.2, 0.25) is 5.95 Å². The van der Waals surface area contributed by atoms with Gasteiger partial charge in [0.05, 0.1) is 40.7 Å². The van der Waals surface area contributed by atoms with Crippen molar-refractivity contribution in [1.29, 1.82) is 0 Å². The van der Waals surface area contributed by atoms with Gasteiger partial charge in [-0.1, -0.05) is 23.5 Å². The second-order valence-electron chi connectivity index (χ2n) is 9.98. The molecule has 2 aliphatic heterocycles. The van der Waals surface area contributed by atoms with Gasteiger partial charge in [0.15, 0.2) is 16.7 Å². The minimum Gasteiger partial charge on any atom is -0.468 e. The number of thiophene rings is 1. The zero-order valence-corrected chi connectivity index (χ0v) is 23.4. The van der Waals surface area contributed by atoms with Crippen molar-refractivity contribution in [1.82, 2.24) is 40.5 Å². The molecule has 4 aromatic heterocycles. The molecule has 216 valence electrons. The number of aromatic nitrogens is 6. The number of rotatable bonds is 7. The highest BCUT2D eigenvalue weighted by Gasteiger charge is 2.23. The van der Waals surface area contributed by atoms with Crippen LogP contribution >= 0.6 is 11.3 Å². The third-order valence-electron chi connectivity index (χ3n) is 7.41. The van der Waals surface area contributed by atoms with Crippen LogP contribution in [0.5, 0.6) is 5.06 Å². The smallest absolute Gasteiger partial charge is 0.277 e. The Labute approximate surface area is 243 Å². The standard InChI is InChI=1S/C27H28N10O4S/c38-26(34-39)17-13-28-27(29-14-17)37-6-4-35(5-7-37)16-41-22-12-21-23(42-22)25(36-8-10-40-11-9-36)32-24(31-21)18-2-1-3-20-19(18)15-30-33-20/h1-3,12-15,39H,4-11,16H2,(H,30,33)(H,34,38). The lowest BCUT2D eigenvalue weighted by molar-refractivity contribution is 0.0705. The van der Waals surface area contributed by atoms with E-state index in [1.54, 1.807) is 16.8 Å². The Kier molecular flexibility index (Phi) is 7.21. The minimum atomic E-state index is -0.639. The number of carbonyl (C=O) groups is 1. The van der Waals surface area contributed by atoms with Crippen molar-refractivity contribution in [2.24, 2.45) is 0 Å². The van der Waals surface area contributed by atoms with Gasteiger partial charge in [-0.15, -0.1) is 0 Å². The summed E-state index contributed by atoms with van der Waals surface area (Å²) in [5.74, 6) is 1.46. The Hall–Kier alpha value is -4.44. The first kappa shape index (κ1) is 26.5. The summed E-state index contributed by atoms with van der Waals surface area (Å²) >= 11 is 1.56. The highest BCUT2D eigenvalue weighted by molar-refractivity contribution is 7.21. The van der Waals surface area contributed by atoms with Crippen LogP contribution in [0, 0.1) is 0 Å². The summed E-state index contributed by atoms with van der Waals surface area (Å²) in [5.41, 5.74) is 4.50. The topological polar surface area (TPSA) is 158 Å². The molecule has 0 radical (unpaired) electrons. The number of piperazine rings is 1. The fraction of sp³-hybridized carbons (Fsp3) is 0.333. The largest absolute Gasteiger partial charge is 0.468 e. The van der Waals surface area contributed by atoms with E-state index in [1.165, 1.54) is 12.4 Å². The van der Waals surface area contributed by atoms with E-state index < -0.39 is 5.91 Å². The molecule has 2 saturated heterocycles. The Morgan fingerprint density at radius 1 is 1.05 bits per heavy atom. The first-order chi connectivity index (χ1) is 20.7. The average Bonchev–Trinajstić information content (AvgIpc) is 3.71. The number of amides is 1. The van der Waals surface area contributed by atoms with Crippen LogP contribution in [0.1, 0.15) is 10.4 Å². The van der Waals surface area contributed by atoms with E-state index in [-0.39, 0.29) is 5.56 Å². The van der Waals surface area contributed by atoms with Gasteiger partial charge >= 0.3 is 0 Å². The van der Waals surface area contributed by atoms with Gasteiger partial charge in [-0.05, 0) is 6.07 Å². The van der Waals surface area contributed by atoms with Crippen molar-refractivity contribution >= 4 is 50.1 Å². The van der Waals surface area contributed by atoms with Crippen LogP contribution in [-0.4, -0.2) is 105 Å². The molecule has 6 heterocycles. The number of nitrogens with zero attached hydrogens (tertiary/aromatic N) is 8. The summed E-state index contributed by atoms with van der Waals surface area (Å²) < 4.78 is 12.9. The fourth-order valence-corrected chi connectivity index (χ4v) is 6.09. The molecule has 0 aliphatic carbocycles. The first-order valence-electron chi connectivity index (χ1n) is 13.6. The molecule has 42 heavy (non-hydrogen) atoms. The SMILES string of the molecule is O=C(NO)c1cnc(N2CCN(COc3cc4nc(-c5cccc6[nH]ncc56)nc(N5CCOCC5)c4s3)CC2)nc1. The highest BCUT2D eigenvalue weighted by Crippen LogP contribution is 2.39. The summed E-state index contributed by atoms with van der Waals surface area (Å²) in [6.45, 7) is 6.27. The number of hydroxylamine groups is 1. The number of ether oxygens (including phenoxy) is 2. The summed E-state index contributed by atoms with van der Waals surface area (Å²) in [5, 5.41) is 17.8. The van der Waals surface area contributed by atoms with Crippen LogP contribution < -0.4 is 20.0 Å². The molecule has 2 fully saturated rings. The lowest BCUT2D eigenvalue weighted by Crippen LogP contribution is -2.48. The molecule has 1 amide bonds. The molecular weight excluding hydrogens is 560 g/mol. The zero-order chi connectivity index (χ0) is 28.5. The number of nitrogens with one attached hydrogen (secondary N) is 2. The Morgan fingerprint density at radius 2 is 1.86 bits per heavy atom. The van der Waals surface area contributed by atoms with E-state index in [0.717, 1.165) is 76.8 Å². The predicted octanol–water partition coefficient (Wildman–Crippen LogP) is 2.14. The molecule has 0 atom stereocenters. The summed E-state index contributed by atoms with van der Waals surface area (Å²) in [4.78, 5) is 36.6. The Balaban J connectivity index is 1.07. The van der Waals surface area contributed by atoms with Crippen LogP contribution in [0.2, 0.25) is 0 Å². The van der Waals surface area contributed by atoms with Crippen LogP contribution in [0.4, 0.5) is 11.8 Å². The molecule has 7 rings (SSSR count). The second kappa shape index (κ2) is 11.4. The van der Waals surface area contributed by atoms with Crippen molar-refractivity contribution in [3.63, 3.8) is 0 Å². The Bertz CT molecular complexity index is 1710. The highest BCUT2D eigenvalue weighted by atomic mass is 32.1. The van der Waals surface area contributed by atoms with Crippen molar-refractivity contribution in [3.8, 4) is 16.5 Å². The van der Waals surface area contributed by atoms with E-state index in [1.807, 2.05) is 30.5 Å². The maximum atomic E-state index is 11.5. The number of anilines is 2. The Morgan fingerprint density at radius 3 is 2.64 bits per heavy atom. The van der Waals surface area contributed by atoms with Crippen LogP contribution in [0.15, 0.2) is 42.9 Å². The van der Waals surface area contributed by atoms with Gasteiger partial charge in [-0.3, -0.25) is 20.0 Å². The first-order valence-corrected chi connectivity index (χ1v) is 14.4. The van der Waals surface area contributed by atoms with E-state index >= 15 is 0 Å². The lowest BCUT2D eigenvalue weighted by atomic mass is 10.1. The maximum absolute atomic E-state index is 11.5. The summed E-state index contributed by atoms with van der Waals surface area (Å²) in [6.07, 6.45) is 4.62. The van der Waals surface area contributed by atoms with Gasteiger partial charge < -0.3 is 19.3 Å². The van der Waals surface area contributed by atoms with Gasteiger partial charge in [-0.25, -0.2) is 25.4 Å². The normalized spacial score (nSPS) is 16.3. The minimum absolute atomic E-state index is 0.198. The molecule has 0 saturated carbocycles. The van der Waals surface area contributed by atoms with Gasteiger partial charge in [-0.2, -0.15) is 5.10 Å². The number of carbonyl (C=O) groups excluding carboxylic acids is 1. The summed E-state index contributed by atoms with van der Waals surface area (Å²) in [6, 6.07) is 8.00. The van der Waals surface area contributed by atoms with E-state index in [4.69, 9.17) is 24.6 Å². The number of benzene rings is 1. The third-order valence-corrected chi connectivity index (χ3v) is 8.45. The predicted molar refractivity (Wildman–Crippen MR) is 156 cm³/mol. The summed E-state index contributed by atoms with van der Waals surface area (Å²) in [7, 11) is 0. The maximum Gasteiger partial charge on any atom is 0.277 e. The molecular formula is C27H28N10O4S. The quantitative estimate of drug-likeness (QED) is 0.188. The van der Waals surface area contributed by atoms with Gasteiger partial charge in [0.1, 0.15) is 6.73 Å². The molecule has 2 aliphatic rings. The van der Waals surface area contributed by atoms with Crippen molar-refractivity contribution < 1.29 is 19.5 Å². The average molecular weight is 589 g/mol. The van der Waals surface area contributed by atoms with Crippen LogP contribution in [0.3, 0.4) is 0 Å². The molecule has 0 spiro atoms. The van der Waals surface area contributed by atoms with E-state index in [0.29, 0.717) is 31.7 Å². The molecule has 0 bridgehead atoms. The number of fused-ring (bicyclic) bond motifs is 2. The number of morpholine rings is 1. The molecule has 1 aromatic carbocycles. The van der Waals surface area contributed by atoms with Crippen LogP contribution in [-0.2, 0) is 4.74 Å². The molecule has 0 unspecified atom stereocenters.